The third-order valence-electron chi connectivity index (χ3n) is 2.54. The Bertz CT molecular complexity index is 689. The monoisotopic (exact) mass is 303 g/mol. The highest BCUT2D eigenvalue weighted by molar-refractivity contribution is 7.99. The maximum absolute atomic E-state index is 11.9. The van der Waals surface area contributed by atoms with Crippen molar-refractivity contribution in [1.82, 2.24) is 14.9 Å². The molecular formula is C14H13N3O3S. The molecule has 0 aliphatic heterocycles. The van der Waals surface area contributed by atoms with Crippen molar-refractivity contribution >= 4 is 23.6 Å². The van der Waals surface area contributed by atoms with Crippen LogP contribution in [0.2, 0.25) is 0 Å². The molecule has 0 atom stereocenters. The van der Waals surface area contributed by atoms with E-state index in [0.717, 1.165) is 9.79 Å². The summed E-state index contributed by atoms with van der Waals surface area (Å²) in [6.07, 6.45) is 3.00. The minimum Gasteiger partial charge on any atom is -0.477 e. The maximum atomic E-state index is 11.9. The quantitative estimate of drug-likeness (QED) is 0.930. The number of carboxylic acid groups (broad SMARTS) is 1. The van der Waals surface area contributed by atoms with E-state index in [1.807, 2.05) is 0 Å². The van der Waals surface area contributed by atoms with Crippen LogP contribution in [0, 0.1) is 0 Å². The Morgan fingerprint density at radius 2 is 1.57 bits per heavy atom. The molecule has 2 aromatic heterocycles. The van der Waals surface area contributed by atoms with Crippen LogP contribution in [0.3, 0.4) is 0 Å². The second-order valence-corrected chi connectivity index (χ2v) is 5.51. The zero-order valence-corrected chi connectivity index (χ0v) is 12.3. The summed E-state index contributed by atoms with van der Waals surface area (Å²) in [5.41, 5.74) is 0.330. The number of rotatable bonds is 4. The lowest BCUT2D eigenvalue weighted by molar-refractivity contribution is 0.0689. The average Bonchev–Trinajstić information content (AvgIpc) is 2.47. The van der Waals surface area contributed by atoms with Gasteiger partial charge in [0.25, 0.3) is 5.91 Å². The van der Waals surface area contributed by atoms with E-state index in [1.54, 1.807) is 38.5 Å². The van der Waals surface area contributed by atoms with Crippen LogP contribution in [0.25, 0.3) is 0 Å². The number of carbonyl (C=O) groups excluding carboxylic acids is 1. The fourth-order valence-electron chi connectivity index (χ4n) is 1.55. The van der Waals surface area contributed by atoms with Crippen molar-refractivity contribution in [3.63, 3.8) is 0 Å². The Kier molecular flexibility index (Phi) is 4.54. The zero-order valence-electron chi connectivity index (χ0n) is 11.5. The topological polar surface area (TPSA) is 83.4 Å². The predicted octanol–water partition coefficient (Wildman–Crippen LogP) is 2.03. The molecule has 108 valence electrons. The van der Waals surface area contributed by atoms with Gasteiger partial charge >= 0.3 is 5.97 Å². The van der Waals surface area contributed by atoms with Gasteiger partial charge in [-0.3, -0.25) is 9.78 Å². The van der Waals surface area contributed by atoms with Crippen LogP contribution >= 0.6 is 11.8 Å². The molecule has 0 bridgehead atoms. The molecule has 0 aliphatic carbocycles. The molecule has 6 nitrogen and oxygen atoms in total. The Balaban J connectivity index is 2.24. The van der Waals surface area contributed by atoms with E-state index < -0.39 is 5.97 Å². The van der Waals surface area contributed by atoms with Gasteiger partial charge in [0, 0.05) is 36.3 Å². The molecule has 1 amide bonds. The van der Waals surface area contributed by atoms with Gasteiger partial charge < -0.3 is 10.0 Å². The molecular weight excluding hydrogens is 290 g/mol. The number of aromatic nitrogens is 2. The molecule has 0 aliphatic rings. The standard InChI is InChI=1S/C14H13N3O3S/c1-17(2)13(18)11-7-9(3-5-15-11)21-10-4-6-16-12(8-10)14(19)20/h3-8H,1-2H3,(H,19,20). The largest absolute Gasteiger partial charge is 0.477 e. The van der Waals surface area contributed by atoms with Gasteiger partial charge in [0.05, 0.1) is 0 Å². The summed E-state index contributed by atoms with van der Waals surface area (Å²) in [6, 6.07) is 6.64. The molecule has 2 heterocycles. The molecule has 21 heavy (non-hydrogen) atoms. The number of carbonyl (C=O) groups is 2. The number of amides is 1. The molecule has 0 saturated heterocycles. The van der Waals surface area contributed by atoms with Crippen LogP contribution in [-0.4, -0.2) is 45.9 Å². The van der Waals surface area contributed by atoms with E-state index in [4.69, 9.17) is 5.11 Å². The minimum atomic E-state index is -1.07. The van der Waals surface area contributed by atoms with Crippen molar-refractivity contribution in [3.05, 3.63) is 48.0 Å². The van der Waals surface area contributed by atoms with Gasteiger partial charge in [-0.15, -0.1) is 0 Å². The second kappa shape index (κ2) is 6.36. The van der Waals surface area contributed by atoms with E-state index in [1.165, 1.54) is 28.9 Å². The van der Waals surface area contributed by atoms with E-state index in [0.29, 0.717) is 5.69 Å². The van der Waals surface area contributed by atoms with Crippen LogP contribution in [-0.2, 0) is 0 Å². The van der Waals surface area contributed by atoms with Crippen molar-refractivity contribution in [1.29, 1.82) is 0 Å². The van der Waals surface area contributed by atoms with Gasteiger partial charge in [-0.1, -0.05) is 11.8 Å². The fraction of sp³-hybridized carbons (Fsp3) is 0.143. The molecule has 0 radical (unpaired) electrons. The van der Waals surface area contributed by atoms with Crippen LogP contribution in [0.15, 0.2) is 46.5 Å². The summed E-state index contributed by atoms with van der Waals surface area (Å²) >= 11 is 1.35. The molecule has 1 N–H and O–H groups in total. The van der Waals surface area contributed by atoms with Crippen molar-refractivity contribution < 1.29 is 14.7 Å². The third kappa shape index (κ3) is 3.79. The molecule has 0 spiro atoms. The molecule has 0 unspecified atom stereocenters. The van der Waals surface area contributed by atoms with Crippen LogP contribution in [0.1, 0.15) is 21.0 Å². The SMILES string of the molecule is CN(C)C(=O)c1cc(Sc2ccnc(C(=O)O)c2)ccn1. The van der Waals surface area contributed by atoms with Crippen molar-refractivity contribution in [2.24, 2.45) is 0 Å². The smallest absolute Gasteiger partial charge is 0.354 e. The predicted molar refractivity (Wildman–Crippen MR) is 77.6 cm³/mol. The summed E-state index contributed by atoms with van der Waals surface area (Å²) in [7, 11) is 3.32. The zero-order chi connectivity index (χ0) is 15.4. The summed E-state index contributed by atoms with van der Waals surface area (Å²) in [6.45, 7) is 0. The van der Waals surface area contributed by atoms with Crippen molar-refractivity contribution in [2.75, 3.05) is 14.1 Å². The van der Waals surface area contributed by atoms with Crippen molar-refractivity contribution in [3.8, 4) is 0 Å². The highest BCUT2D eigenvalue weighted by atomic mass is 32.2. The Hall–Kier alpha value is -2.41. The number of pyridine rings is 2. The van der Waals surface area contributed by atoms with E-state index in [9.17, 15) is 9.59 Å². The summed E-state index contributed by atoms with van der Waals surface area (Å²) in [5.74, 6) is -1.26. The number of hydrogen-bond donors (Lipinski definition) is 1. The first-order chi connectivity index (χ1) is 9.97. The highest BCUT2D eigenvalue weighted by Crippen LogP contribution is 2.27. The Morgan fingerprint density at radius 3 is 2.10 bits per heavy atom. The van der Waals surface area contributed by atoms with Crippen molar-refractivity contribution in [2.45, 2.75) is 9.79 Å². The van der Waals surface area contributed by atoms with Gasteiger partial charge in [0.1, 0.15) is 11.4 Å². The lowest BCUT2D eigenvalue weighted by Crippen LogP contribution is -2.22. The van der Waals surface area contributed by atoms with Gasteiger partial charge in [-0.05, 0) is 24.3 Å². The van der Waals surface area contributed by atoms with Gasteiger partial charge in [0.2, 0.25) is 0 Å². The lowest BCUT2D eigenvalue weighted by atomic mass is 10.3. The van der Waals surface area contributed by atoms with Crippen LogP contribution in [0.5, 0.6) is 0 Å². The first-order valence-electron chi connectivity index (χ1n) is 6.02. The maximum Gasteiger partial charge on any atom is 0.354 e. The number of aromatic carboxylic acids is 1. The fourth-order valence-corrected chi connectivity index (χ4v) is 2.42. The van der Waals surface area contributed by atoms with E-state index >= 15 is 0 Å². The summed E-state index contributed by atoms with van der Waals surface area (Å²) < 4.78 is 0. The first kappa shape index (κ1) is 15.0. The summed E-state index contributed by atoms with van der Waals surface area (Å²) in [5, 5.41) is 8.92. The van der Waals surface area contributed by atoms with Crippen LogP contribution < -0.4 is 0 Å². The Labute approximate surface area is 125 Å². The summed E-state index contributed by atoms with van der Waals surface area (Å²) in [4.78, 5) is 33.5. The highest BCUT2D eigenvalue weighted by Gasteiger charge is 2.11. The lowest BCUT2D eigenvalue weighted by Gasteiger charge is -2.10. The molecule has 7 heteroatoms. The molecule has 0 aromatic carbocycles. The first-order valence-corrected chi connectivity index (χ1v) is 6.84. The normalized spacial score (nSPS) is 10.2. The number of carboxylic acids is 1. The number of nitrogens with zero attached hydrogens (tertiary/aromatic N) is 3. The molecule has 0 fully saturated rings. The van der Waals surface area contributed by atoms with Gasteiger partial charge in [-0.25, -0.2) is 9.78 Å². The molecule has 2 rings (SSSR count). The average molecular weight is 303 g/mol. The second-order valence-electron chi connectivity index (χ2n) is 4.36. The molecule has 0 saturated carbocycles. The van der Waals surface area contributed by atoms with Crippen LogP contribution in [0.4, 0.5) is 0 Å². The van der Waals surface area contributed by atoms with Gasteiger partial charge in [0.15, 0.2) is 0 Å². The van der Waals surface area contributed by atoms with E-state index in [2.05, 4.69) is 9.97 Å². The Morgan fingerprint density at radius 1 is 1.05 bits per heavy atom. The van der Waals surface area contributed by atoms with Gasteiger partial charge in [-0.2, -0.15) is 0 Å². The molecule has 2 aromatic rings. The third-order valence-corrected chi connectivity index (χ3v) is 3.52. The number of hydrogen-bond acceptors (Lipinski definition) is 5. The minimum absolute atomic E-state index is 0.0151. The van der Waals surface area contributed by atoms with E-state index in [-0.39, 0.29) is 11.6 Å².